The molecule has 4 heteroatoms. The summed E-state index contributed by atoms with van der Waals surface area (Å²) in [5.41, 5.74) is 0.907. The van der Waals surface area contributed by atoms with E-state index in [1.165, 1.54) is 0 Å². The van der Waals surface area contributed by atoms with Crippen molar-refractivity contribution in [1.82, 2.24) is 5.16 Å². The molecule has 0 aromatic carbocycles. The van der Waals surface area contributed by atoms with Crippen LogP contribution in [0.3, 0.4) is 0 Å². The second-order valence-electron chi connectivity index (χ2n) is 1.96. The van der Waals surface area contributed by atoms with Crippen LogP contribution in [-0.2, 0) is 40.8 Å². The summed E-state index contributed by atoms with van der Waals surface area (Å²) in [5, 5.41) is 3.39. The standard InChI is InChI=1S/C6H7NO.2Re/c1-5(2)6-3-7-8-4-6;;/h5H,1-2H3;;/q-2;;. The Morgan fingerprint density at radius 2 is 2.00 bits per heavy atom. The van der Waals surface area contributed by atoms with Crippen molar-refractivity contribution < 1.29 is 45.4 Å². The Balaban J connectivity index is 0. The number of rotatable bonds is 1. The van der Waals surface area contributed by atoms with Gasteiger partial charge in [0.25, 0.3) is 0 Å². The average molecular weight is 482 g/mol. The SMILES string of the molecule is CC(C)c1[c-]no[c-]1.[Re].[Re]. The fourth-order valence-corrected chi connectivity index (χ4v) is 0.414. The third-order valence-corrected chi connectivity index (χ3v) is 0.945. The Labute approximate surface area is 88.1 Å². The van der Waals surface area contributed by atoms with Crippen LogP contribution in [0.4, 0.5) is 0 Å². The molecule has 1 aromatic heterocycles. The zero-order chi connectivity index (χ0) is 5.98. The Hall–Kier alpha value is 0.535. The zero-order valence-corrected chi connectivity index (χ0v) is 11.1. The maximum absolute atomic E-state index is 4.45. The summed E-state index contributed by atoms with van der Waals surface area (Å²) in [7, 11) is 0. The van der Waals surface area contributed by atoms with Gasteiger partial charge in [-0.25, -0.2) is 0 Å². The molecule has 2 radical (unpaired) electrons. The Bertz CT molecular complexity index is 151. The van der Waals surface area contributed by atoms with Gasteiger partial charge in [-0.15, -0.1) is 0 Å². The summed E-state index contributed by atoms with van der Waals surface area (Å²) in [6, 6.07) is 0. The molecule has 0 amide bonds. The third-order valence-electron chi connectivity index (χ3n) is 0.945. The van der Waals surface area contributed by atoms with Gasteiger partial charge in [-0.1, -0.05) is 19.8 Å². The molecule has 0 aliphatic rings. The topological polar surface area (TPSA) is 26.0 Å². The molecule has 0 aliphatic heterocycles. The van der Waals surface area contributed by atoms with Gasteiger partial charge in [-0.2, -0.15) is 0 Å². The van der Waals surface area contributed by atoms with Gasteiger partial charge in [0.1, 0.15) is 0 Å². The molecule has 0 N–H and O–H groups in total. The van der Waals surface area contributed by atoms with Crippen LogP contribution in [0.5, 0.6) is 0 Å². The molecule has 2 nitrogen and oxygen atoms in total. The molecule has 10 heavy (non-hydrogen) atoms. The summed E-state index contributed by atoms with van der Waals surface area (Å²) in [6.45, 7) is 4.08. The molecule has 0 fully saturated rings. The molecule has 58 valence electrons. The predicted molar refractivity (Wildman–Crippen MR) is 28.3 cm³/mol. The largest absolute Gasteiger partial charge is 0.599 e. The van der Waals surface area contributed by atoms with Crippen LogP contribution in [-0.4, -0.2) is 5.16 Å². The van der Waals surface area contributed by atoms with Crippen molar-refractivity contribution >= 4 is 0 Å². The normalized spacial score (nSPS) is 8.30. The van der Waals surface area contributed by atoms with E-state index < -0.39 is 0 Å². The molecular weight excluding hydrogens is 474 g/mol. The zero-order valence-electron chi connectivity index (χ0n) is 5.69. The first-order valence-electron chi connectivity index (χ1n) is 2.55. The molecule has 0 bridgehead atoms. The smallest absolute Gasteiger partial charge is 0 e. The quantitative estimate of drug-likeness (QED) is 0.567. The van der Waals surface area contributed by atoms with Crippen LogP contribution in [0.1, 0.15) is 25.3 Å². The van der Waals surface area contributed by atoms with Crippen molar-refractivity contribution in [3.63, 3.8) is 0 Å². The van der Waals surface area contributed by atoms with E-state index in [0.29, 0.717) is 5.92 Å². The monoisotopic (exact) mass is 483 g/mol. The minimum absolute atomic E-state index is 0. The molecular formula is C6H7NORe2-2. The van der Waals surface area contributed by atoms with Crippen molar-refractivity contribution in [2.45, 2.75) is 19.8 Å². The minimum Gasteiger partial charge on any atom is -0.599 e. The van der Waals surface area contributed by atoms with E-state index in [0.717, 1.165) is 5.56 Å². The number of hydrogen-bond donors (Lipinski definition) is 0. The minimum atomic E-state index is 0. The van der Waals surface area contributed by atoms with E-state index in [1.807, 2.05) is 13.8 Å². The average Bonchev–Trinajstić information content (AvgIpc) is 2.12. The van der Waals surface area contributed by atoms with Gasteiger partial charge in [-0.05, 0) is 0 Å². The van der Waals surface area contributed by atoms with E-state index in [4.69, 9.17) is 0 Å². The summed E-state index contributed by atoms with van der Waals surface area (Å²) in [4.78, 5) is 0. The van der Waals surface area contributed by atoms with Crippen LogP contribution in [0.2, 0.25) is 0 Å². The maximum atomic E-state index is 4.45. The van der Waals surface area contributed by atoms with Crippen LogP contribution < -0.4 is 0 Å². The van der Waals surface area contributed by atoms with Crippen LogP contribution in [0.15, 0.2) is 4.52 Å². The predicted octanol–water partition coefficient (Wildman–Crippen LogP) is 1.39. The van der Waals surface area contributed by atoms with E-state index in [-0.39, 0.29) is 40.8 Å². The van der Waals surface area contributed by atoms with Crippen LogP contribution in [0.25, 0.3) is 0 Å². The van der Waals surface area contributed by atoms with Crippen LogP contribution in [0, 0.1) is 12.5 Å². The van der Waals surface area contributed by atoms with Crippen LogP contribution >= 0.6 is 0 Å². The van der Waals surface area contributed by atoms with E-state index in [9.17, 15) is 0 Å². The van der Waals surface area contributed by atoms with Gasteiger partial charge >= 0.3 is 0 Å². The first-order valence-corrected chi connectivity index (χ1v) is 2.55. The van der Waals surface area contributed by atoms with E-state index in [1.54, 1.807) is 0 Å². The van der Waals surface area contributed by atoms with Gasteiger partial charge in [-0.3, -0.25) is 6.26 Å². The van der Waals surface area contributed by atoms with Crippen molar-refractivity contribution in [2.75, 3.05) is 0 Å². The molecule has 0 spiro atoms. The van der Waals surface area contributed by atoms with E-state index >= 15 is 0 Å². The van der Waals surface area contributed by atoms with Gasteiger partial charge in [0, 0.05) is 40.8 Å². The number of aromatic nitrogens is 1. The molecule has 0 saturated carbocycles. The Morgan fingerprint density at radius 1 is 1.40 bits per heavy atom. The Morgan fingerprint density at radius 3 is 2.20 bits per heavy atom. The van der Waals surface area contributed by atoms with Crippen molar-refractivity contribution in [2.24, 2.45) is 0 Å². The summed E-state index contributed by atoms with van der Waals surface area (Å²) >= 11 is 0. The maximum Gasteiger partial charge on any atom is 0 e. The summed E-state index contributed by atoms with van der Waals surface area (Å²) in [5.74, 6) is 0.418. The van der Waals surface area contributed by atoms with Gasteiger partial charge in [0.05, 0.1) is 0 Å². The summed E-state index contributed by atoms with van der Waals surface area (Å²) in [6.07, 6.45) is 5.26. The molecule has 1 rings (SSSR count). The second-order valence-corrected chi connectivity index (χ2v) is 1.96. The molecule has 0 unspecified atom stereocenters. The Kier molecular flexibility index (Phi) is 8.23. The van der Waals surface area contributed by atoms with Crippen molar-refractivity contribution in [3.05, 3.63) is 18.0 Å². The molecule has 1 aromatic rings. The fraction of sp³-hybridized carbons (Fsp3) is 0.500. The number of nitrogens with zero attached hydrogens (tertiary/aromatic N) is 1. The van der Waals surface area contributed by atoms with Crippen molar-refractivity contribution in [1.29, 1.82) is 0 Å². The summed E-state index contributed by atoms with van der Waals surface area (Å²) < 4.78 is 4.45. The molecule has 0 aliphatic carbocycles. The first-order chi connectivity index (χ1) is 3.80. The van der Waals surface area contributed by atoms with Gasteiger partial charge in [0.2, 0.25) is 0 Å². The van der Waals surface area contributed by atoms with Gasteiger partial charge < -0.3 is 21.4 Å². The number of hydrogen-bond acceptors (Lipinski definition) is 2. The fourth-order valence-electron chi connectivity index (χ4n) is 0.414. The first kappa shape index (κ1) is 13.1. The van der Waals surface area contributed by atoms with Gasteiger partial charge in [0.15, 0.2) is 0 Å². The van der Waals surface area contributed by atoms with Crippen molar-refractivity contribution in [3.8, 4) is 0 Å². The molecule has 0 saturated heterocycles. The van der Waals surface area contributed by atoms with E-state index in [2.05, 4.69) is 22.1 Å². The molecule has 1 heterocycles. The second kappa shape index (κ2) is 6.26. The molecule has 0 atom stereocenters. The third kappa shape index (κ3) is 3.64.